The minimum atomic E-state index is 0.0144. The van der Waals surface area contributed by atoms with Gasteiger partial charge in [-0.3, -0.25) is 4.79 Å². The van der Waals surface area contributed by atoms with Gasteiger partial charge < -0.3 is 10.2 Å². The van der Waals surface area contributed by atoms with Crippen molar-refractivity contribution in [1.29, 1.82) is 0 Å². The lowest BCUT2D eigenvalue weighted by Gasteiger charge is -2.33. The maximum atomic E-state index is 12.6. The summed E-state index contributed by atoms with van der Waals surface area (Å²) in [6, 6.07) is 6.78. The summed E-state index contributed by atoms with van der Waals surface area (Å²) < 4.78 is 1.03. The van der Waals surface area contributed by atoms with E-state index in [9.17, 15) is 4.79 Å². The number of nitrogens with zero attached hydrogens (tertiary/aromatic N) is 1. The molecule has 1 heterocycles. The highest BCUT2D eigenvalue weighted by atomic mass is 79.9. The molecule has 102 valence electrons. The molecule has 0 radical (unpaired) electrons. The van der Waals surface area contributed by atoms with Crippen molar-refractivity contribution in [1.82, 2.24) is 5.32 Å². The van der Waals surface area contributed by atoms with Crippen LogP contribution in [0.25, 0.3) is 0 Å². The zero-order valence-corrected chi connectivity index (χ0v) is 12.7. The van der Waals surface area contributed by atoms with Crippen molar-refractivity contribution >= 4 is 27.5 Å². The van der Waals surface area contributed by atoms with Gasteiger partial charge >= 0.3 is 0 Å². The monoisotopic (exact) mass is 322 g/mol. The number of hydrogen-bond donors (Lipinski definition) is 1. The number of benzene rings is 1. The molecular weight excluding hydrogens is 304 g/mol. The molecule has 3 rings (SSSR count). The minimum Gasteiger partial charge on any atom is -0.311 e. The molecule has 1 atom stereocenters. The molecule has 2 aliphatic rings. The Morgan fingerprint density at radius 1 is 1.26 bits per heavy atom. The van der Waals surface area contributed by atoms with E-state index in [1.54, 1.807) is 0 Å². The van der Waals surface area contributed by atoms with Crippen LogP contribution in [0.15, 0.2) is 22.7 Å². The molecule has 0 aromatic heterocycles. The van der Waals surface area contributed by atoms with Gasteiger partial charge in [-0.25, -0.2) is 0 Å². The van der Waals surface area contributed by atoms with Crippen molar-refractivity contribution in [3.05, 3.63) is 28.2 Å². The van der Waals surface area contributed by atoms with E-state index in [2.05, 4.69) is 40.3 Å². The molecule has 0 spiro atoms. The molecule has 2 fully saturated rings. The highest BCUT2D eigenvalue weighted by Gasteiger charge is 2.33. The smallest absolute Gasteiger partial charge is 0.244 e. The van der Waals surface area contributed by atoms with Crippen LogP contribution < -0.4 is 10.2 Å². The molecule has 1 saturated carbocycles. The molecule has 1 amide bonds. The van der Waals surface area contributed by atoms with Crippen molar-refractivity contribution in [2.24, 2.45) is 0 Å². The molecule has 1 aromatic rings. The lowest BCUT2D eigenvalue weighted by Crippen LogP contribution is -2.51. The SMILES string of the molecule is Cc1cc(Br)cc(N2CCCC(NC3CC3)C2=O)c1. The second-order valence-electron chi connectivity index (χ2n) is 5.61. The maximum Gasteiger partial charge on any atom is 0.244 e. The topological polar surface area (TPSA) is 32.3 Å². The Kier molecular flexibility index (Phi) is 3.63. The summed E-state index contributed by atoms with van der Waals surface area (Å²) in [5.41, 5.74) is 2.19. The third-order valence-electron chi connectivity index (χ3n) is 3.79. The Morgan fingerprint density at radius 2 is 2.05 bits per heavy atom. The molecule has 1 N–H and O–H groups in total. The van der Waals surface area contributed by atoms with Crippen LogP contribution in [0.3, 0.4) is 0 Å². The summed E-state index contributed by atoms with van der Waals surface area (Å²) in [5, 5.41) is 3.47. The van der Waals surface area contributed by atoms with Gasteiger partial charge in [0.1, 0.15) is 0 Å². The third-order valence-corrected chi connectivity index (χ3v) is 4.25. The number of nitrogens with one attached hydrogen (secondary N) is 1. The van der Waals surface area contributed by atoms with Crippen molar-refractivity contribution in [2.45, 2.75) is 44.7 Å². The van der Waals surface area contributed by atoms with E-state index in [0.29, 0.717) is 6.04 Å². The summed E-state index contributed by atoms with van der Waals surface area (Å²) in [6.45, 7) is 2.89. The van der Waals surface area contributed by atoms with Gasteiger partial charge in [0.05, 0.1) is 6.04 Å². The highest BCUT2D eigenvalue weighted by Crippen LogP contribution is 2.27. The zero-order valence-electron chi connectivity index (χ0n) is 11.2. The summed E-state index contributed by atoms with van der Waals surface area (Å²) in [6.07, 6.45) is 4.49. The first-order chi connectivity index (χ1) is 9.13. The second-order valence-corrected chi connectivity index (χ2v) is 6.53. The van der Waals surface area contributed by atoms with E-state index >= 15 is 0 Å². The van der Waals surface area contributed by atoms with Crippen LogP contribution in [0.4, 0.5) is 5.69 Å². The summed E-state index contributed by atoms with van der Waals surface area (Å²) in [4.78, 5) is 14.5. The Hall–Kier alpha value is -0.870. The number of aryl methyl sites for hydroxylation is 1. The number of halogens is 1. The normalized spacial score (nSPS) is 23.8. The molecule has 3 nitrogen and oxygen atoms in total. The molecule has 1 saturated heterocycles. The average molecular weight is 323 g/mol. The van der Waals surface area contributed by atoms with Gasteiger partial charge in [-0.05, 0) is 56.4 Å². The number of carbonyl (C=O) groups is 1. The van der Waals surface area contributed by atoms with Crippen LogP contribution >= 0.6 is 15.9 Å². The van der Waals surface area contributed by atoms with Gasteiger partial charge in [-0.15, -0.1) is 0 Å². The fourth-order valence-electron chi connectivity index (χ4n) is 2.69. The van der Waals surface area contributed by atoms with E-state index in [0.717, 1.165) is 29.5 Å². The lowest BCUT2D eigenvalue weighted by molar-refractivity contribution is -0.121. The van der Waals surface area contributed by atoms with Gasteiger partial charge in [0.25, 0.3) is 0 Å². The first-order valence-corrected chi connectivity index (χ1v) is 7.77. The van der Waals surface area contributed by atoms with Gasteiger partial charge in [0.2, 0.25) is 5.91 Å². The predicted octanol–water partition coefficient (Wildman–Crippen LogP) is 3.00. The second kappa shape index (κ2) is 5.25. The Bertz CT molecular complexity index is 479. The van der Waals surface area contributed by atoms with Crippen molar-refractivity contribution in [3.8, 4) is 0 Å². The maximum absolute atomic E-state index is 12.6. The Labute approximate surface area is 122 Å². The van der Waals surface area contributed by atoms with Gasteiger partial charge in [0.15, 0.2) is 0 Å². The quantitative estimate of drug-likeness (QED) is 0.927. The van der Waals surface area contributed by atoms with E-state index in [1.807, 2.05) is 11.0 Å². The number of hydrogen-bond acceptors (Lipinski definition) is 2. The Balaban J connectivity index is 1.80. The average Bonchev–Trinajstić information content (AvgIpc) is 3.14. The lowest BCUT2D eigenvalue weighted by atomic mass is 10.0. The van der Waals surface area contributed by atoms with Crippen molar-refractivity contribution < 1.29 is 4.79 Å². The fraction of sp³-hybridized carbons (Fsp3) is 0.533. The van der Waals surface area contributed by atoms with Gasteiger partial charge in [-0.2, -0.15) is 0 Å². The molecule has 1 aliphatic carbocycles. The number of piperidine rings is 1. The zero-order chi connectivity index (χ0) is 13.4. The van der Waals surface area contributed by atoms with Crippen molar-refractivity contribution in [3.63, 3.8) is 0 Å². The van der Waals surface area contributed by atoms with Crippen LogP contribution in [0, 0.1) is 6.92 Å². The molecular formula is C15H19BrN2O. The summed E-state index contributed by atoms with van der Waals surface area (Å²) in [7, 11) is 0. The third kappa shape index (κ3) is 3.00. The van der Waals surface area contributed by atoms with E-state index in [1.165, 1.54) is 18.4 Å². The van der Waals surface area contributed by atoms with E-state index in [-0.39, 0.29) is 11.9 Å². The molecule has 1 unspecified atom stereocenters. The number of rotatable bonds is 3. The number of amides is 1. The van der Waals surface area contributed by atoms with Crippen LogP contribution in [0.1, 0.15) is 31.2 Å². The molecule has 4 heteroatoms. The van der Waals surface area contributed by atoms with Crippen LogP contribution in [0.2, 0.25) is 0 Å². The number of anilines is 1. The minimum absolute atomic E-state index is 0.0144. The number of carbonyl (C=O) groups excluding carboxylic acids is 1. The van der Waals surface area contributed by atoms with Crippen LogP contribution in [0.5, 0.6) is 0 Å². The standard InChI is InChI=1S/C15H19BrN2O/c1-10-7-11(16)9-13(8-10)18-6-2-3-14(15(18)19)17-12-4-5-12/h7-9,12,14,17H,2-6H2,1H3. The van der Waals surface area contributed by atoms with Gasteiger partial charge in [0, 0.05) is 22.7 Å². The molecule has 1 aliphatic heterocycles. The molecule has 0 bridgehead atoms. The Morgan fingerprint density at radius 3 is 2.74 bits per heavy atom. The highest BCUT2D eigenvalue weighted by molar-refractivity contribution is 9.10. The van der Waals surface area contributed by atoms with Crippen molar-refractivity contribution in [2.75, 3.05) is 11.4 Å². The fourth-order valence-corrected chi connectivity index (χ4v) is 3.29. The van der Waals surface area contributed by atoms with E-state index in [4.69, 9.17) is 0 Å². The first-order valence-electron chi connectivity index (χ1n) is 6.98. The summed E-state index contributed by atoms with van der Waals surface area (Å²) >= 11 is 3.51. The van der Waals surface area contributed by atoms with E-state index < -0.39 is 0 Å². The molecule has 19 heavy (non-hydrogen) atoms. The van der Waals surface area contributed by atoms with Crippen LogP contribution in [-0.2, 0) is 4.79 Å². The predicted molar refractivity (Wildman–Crippen MR) is 80.4 cm³/mol. The first kappa shape index (κ1) is 13.1. The van der Waals surface area contributed by atoms with Gasteiger partial charge in [-0.1, -0.05) is 15.9 Å². The summed E-state index contributed by atoms with van der Waals surface area (Å²) in [5.74, 6) is 0.232. The largest absolute Gasteiger partial charge is 0.311 e. The van der Waals surface area contributed by atoms with Crippen LogP contribution in [-0.4, -0.2) is 24.5 Å². The molecule has 1 aromatic carbocycles.